The molecule has 2 aromatic carbocycles. The lowest BCUT2D eigenvalue weighted by Gasteiger charge is -2.24. The molecule has 0 bridgehead atoms. The SMILES string of the molecule is O=C1Nc2ccccc2S[C@@H]1c1ccc(C(F)(F)F)cc1. The predicted molar refractivity (Wildman–Crippen MR) is 75.1 cm³/mol. The van der Waals surface area contributed by atoms with Gasteiger partial charge < -0.3 is 5.32 Å². The van der Waals surface area contributed by atoms with Gasteiger partial charge in [-0.1, -0.05) is 24.3 Å². The first-order chi connectivity index (χ1) is 9.95. The summed E-state index contributed by atoms with van der Waals surface area (Å²) in [7, 11) is 0. The molecule has 1 aliphatic heterocycles. The van der Waals surface area contributed by atoms with Gasteiger partial charge in [0.2, 0.25) is 5.91 Å². The molecular weight excluding hydrogens is 299 g/mol. The second-order valence-corrected chi connectivity index (χ2v) is 5.75. The van der Waals surface area contributed by atoms with Crippen LogP contribution in [0.25, 0.3) is 0 Å². The Bertz CT molecular complexity index is 682. The summed E-state index contributed by atoms with van der Waals surface area (Å²) in [6.45, 7) is 0. The van der Waals surface area contributed by atoms with Crippen LogP contribution in [0, 0.1) is 0 Å². The van der Waals surface area contributed by atoms with Crippen LogP contribution in [-0.2, 0) is 11.0 Å². The van der Waals surface area contributed by atoms with Crippen LogP contribution in [0.4, 0.5) is 18.9 Å². The van der Waals surface area contributed by atoms with E-state index in [0.717, 1.165) is 22.7 Å². The maximum Gasteiger partial charge on any atom is 0.416 e. The van der Waals surface area contributed by atoms with Crippen LogP contribution >= 0.6 is 11.8 Å². The molecule has 108 valence electrons. The monoisotopic (exact) mass is 309 g/mol. The number of halogens is 3. The molecular formula is C15H10F3NOS. The summed E-state index contributed by atoms with van der Waals surface area (Å²) in [6, 6.07) is 12.1. The van der Waals surface area contributed by atoms with Gasteiger partial charge in [0.05, 0.1) is 11.3 Å². The van der Waals surface area contributed by atoms with Crippen LogP contribution in [-0.4, -0.2) is 5.91 Å². The van der Waals surface area contributed by atoms with E-state index in [1.165, 1.54) is 23.9 Å². The summed E-state index contributed by atoms with van der Waals surface area (Å²) >= 11 is 1.34. The van der Waals surface area contributed by atoms with E-state index >= 15 is 0 Å². The highest BCUT2D eigenvalue weighted by molar-refractivity contribution is 8.00. The number of alkyl halides is 3. The Kier molecular flexibility index (Phi) is 3.41. The van der Waals surface area contributed by atoms with E-state index < -0.39 is 17.0 Å². The Morgan fingerprint density at radius 3 is 2.33 bits per heavy atom. The average Bonchev–Trinajstić information content (AvgIpc) is 2.46. The number of benzene rings is 2. The molecule has 21 heavy (non-hydrogen) atoms. The molecule has 1 aliphatic rings. The number of thioether (sulfide) groups is 1. The average molecular weight is 309 g/mol. The summed E-state index contributed by atoms with van der Waals surface area (Å²) in [4.78, 5) is 13.0. The standard InChI is InChI=1S/C15H10F3NOS/c16-15(17,18)10-7-5-9(6-8-10)13-14(20)19-11-3-1-2-4-12(11)21-13/h1-8,13H,(H,19,20)/t13-/m1/s1. The van der Waals surface area contributed by atoms with Crippen molar-refractivity contribution >= 4 is 23.4 Å². The molecule has 0 aliphatic carbocycles. The molecule has 2 aromatic rings. The molecule has 0 saturated heterocycles. The highest BCUT2D eigenvalue weighted by Gasteiger charge is 2.32. The van der Waals surface area contributed by atoms with Crippen molar-refractivity contribution in [3.63, 3.8) is 0 Å². The fourth-order valence-corrected chi connectivity index (χ4v) is 3.23. The van der Waals surface area contributed by atoms with Gasteiger partial charge in [0.1, 0.15) is 5.25 Å². The van der Waals surface area contributed by atoms with Crippen LogP contribution in [0.15, 0.2) is 53.4 Å². The highest BCUT2D eigenvalue weighted by atomic mass is 32.2. The Morgan fingerprint density at radius 1 is 1.00 bits per heavy atom. The maximum atomic E-state index is 12.6. The molecule has 0 spiro atoms. The zero-order chi connectivity index (χ0) is 15.0. The van der Waals surface area contributed by atoms with E-state index in [1.54, 1.807) is 6.07 Å². The summed E-state index contributed by atoms with van der Waals surface area (Å²) in [5, 5.41) is 2.23. The maximum absolute atomic E-state index is 12.6. The van der Waals surface area contributed by atoms with Gasteiger partial charge in [0.25, 0.3) is 0 Å². The van der Waals surface area contributed by atoms with Gasteiger partial charge in [-0.2, -0.15) is 13.2 Å². The van der Waals surface area contributed by atoms with Crippen molar-refractivity contribution < 1.29 is 18.0 Å². The van der Waals surface area contributed by atoms with Gasteiger partial charge in [0, 0.05) is 4.90 Å². The first-order valence-electron chi connectivity index (χ1n) is 6.19. The van der Waals surface area contributed by atoms with Gasteiger partial charge in [-0.25, -0.2) is 0 Å². The number of fused-ring (bicyclic) bond motifs is 1. The van der Waals surface area contributed by atoms with Gasteiger partial charge in [-0.15, -0.1) is 11.8 Å². The Morgan fingerprint density at radius 2 is 1.67 bits per heavy atom. The third-order valence-corrected chi connectivity index (χ3v) is 4.50. The fourth-order valence-electron chi connectivity index (χ4n) is 2.12. The van der Waals surface area contributed by atoms with Crippen LogP contribution in [0.3, 0.4) is 0 Å². The molecule has 2 nitrogen and oxygen atoms in total. The van der Waals surface area contributed by atoms with Crippen molar-refractivity contribution in [3.8, 4) is 0 Å². The number of hydrogen-bond donors (Lipinski definition) is 1. The number of rotatable bonds is 1. The van der Waals surface area contributed by atoms with E-state index in [1.807, 2.05) is 18.2 Å². The number of para-hydroxylation sites is 1. The predicted octanol–water partition coefficient (Wildman–Crippen LogP) is 4.49. The van der Waals surface area contributed by atoms with Crippen molar-refractivity contribution in [2.45, 2.75) is 16.3 Å². The number of nitrogens with one attached hydrogen (secondary N) is 1. The molecule has 0 saturated carbocycles. The number of carbonyl (C=O) groups excluding carboxylic acids is 1. The minimum absolute atomic E-state index is 0.224. The second-order valence-electron chi connectivity index (χ2n) is 4.60. The lowest BCUT2D eigenvalue weighted by Crippen LogP contribution is -2.23. The lowest BCUT2D eigenvalue weighted by atomic mass is 10.1. The molecule has 0 fully saturated rings. The third-order valence-electron chi connectivity index (χ3n) is 3.17. The lowest BCUT2D eigenvalue weighted by molar-refractivity contribution is -0.137. The van der Waals surface area contributed by atoms with E-state index in [-0.39, 0.29) is 5.91 Å². The normalized spacial score (nSPS) is 18.0. The summed E-state index contributed by atoms with van der Waals surface area (Å²) in [5.41, 5.74) is 0.573. The van der Waals surface area contributed by atoms with Crippen LogP contribution in [0.2, 0.25) is 0 Å². The second kappa shape index (κ2) is 5.11. The number of carbonyl (C=O) groups is 1. The van der Waals surface area contributed by atoms with Crippen molar-refractivity contribution in [1.82, 2.24) is 0 Å². The Labute approximate surface area is 123 Å². The van der Waals surface area contributed by atoms with Crippen molar-refractivity contribution in [3.05, 3.63) is 59.7 Å². The Balaban J connectivity index is 1.89. The molecule has 0 radical (unpaired) electrons. The summed E-state index contributed by atoms with van der Waals surface area (Å²) in [6.07, 6.45) is -4.37. The first kappa shape index (κ1) is 14.0. The molecule has 0 aromatic heterocycles. The van der Waals surface area contributed by atoms with E-state index in [9.17, 15) is 18.0 Å². The molecule has 1 N–H and O–H groups in total. The quantitative estimate of drug-likeness (QED) is 0.841. The van der Waals surface area contributed by atoms with Crippen molar-refractivity contribution in [1.29, 1.82) is 0 Å². The van der Waals surface area contributed by atoms with Crippen LogP contribution in [0.5, 0.6) is 0 Å². The van der Waals surface area contributed by atoms with E-state index in [4.69, 9.17) is 0 Å². The van der Waals surface area contributed by atoms with Crippen LogP contribution in [0.1, 0.15) is 16.4 Å². The molecule has 3 rings (SSSR count). The highest BCUT2D eigenvalue weighted by Crippen LogP contribution is 2.43. The first-order valence-corrected chi connectivity index (χ1v) is 7.07. The summed E-state index contributed by atoms with van der Waals surface area (Å²) < 4.78 is 37.7. The molecule has 1 amide bonds. The summed E-state index contributed by atoms with van der Waals surface area (Å²) in [5.74, 6) is -0.224. The van der Waals surface area contributed by atoms with Gasteiger partial charge in [0.15, 0.2) is 0 Å². The minimum atomic E-state index is -4.37. The van der Waals surface area contributed by atoms with Crippen LogP contribution < -0.4 is 5.32 Å². The number of amides is 1. The van der Waals surface area contributed by atoms with Crippen molar-refractivity contribution in [2.75, 3.05) is 5.32 Å². The zero-order valence-electron chi connectivity index (χ0n) is 10.6. The Hall–Kier alpha value is -1.95. The largest absolute Gasteiger partial charge is 0.416 e. The topological polar surface area (TPSA) is 29.1 Å². The van der Waals surface area contributed by atoms with E-state index in [0.29, 0.717) is 5.56 Å². The molecule has 6 heteroatoms. The van der Waals surface area contributed by atoms with Gasteiger partial charge >= 0.3 is 6.18 Å². The van der Waals surface area contributed by atoms with Gasteiger partial charge in [-0.05, 0) is 29.8 Å². The number of anilines is 1. The van der Waals surface area contributed by atoms with E-state index in [2.05, 4.69) is 5.32 Å². The smallest absolute Gasteiger partial charge is 0.324 e. The minimum Gasteiger partial charge on any atom is -0.324 e. The number of hydrogen-bond acceptors (Lipinski definition) is 2. The fraction of sp³-hybridized carbons (Fsp3) is 0.133. The molecule has 0 unspecified atom stereocenters. The zero-order valence-corrected chi connectivity index (χ0v) is 11.5. The third kappa shape index (κ3) is 2.76. The van der Waals surface area contributed by atoms with Crippen molar-refractivity contribution in [2.24, 2.45) is 0 Å². The molecule has 1 atom stereocenters. The van der Waals surface area contributed by atoms with Gasteiger partial charge in [-0.3, -0.25) is 4.79 Å². The molecule has 1 heterocycles.